The Labute approximate surface area is 138 Å². The van der Waals surface area contributed by atoms with Crippen LogP contribution in [0.5, 0.6) is 0 Å². The molecule has 0 fully saturated rings. The maximum Gasteiger partial charge on any atom is 0.407 e. The van der Waals surface area contributed by atoms with E-state index in [1.165, 1.54) is 0 Å². The van der Waals surface area contributed by atoms with Gasteiger partial charge in [0.05, 0.1) is 0 Å². The van der Waals surface area contributed by atoms with Gasteiger partial charge in [0.1, 0.15) is 11.0 Å². The molecule has 1 unspecified atom stereocenters. The molecule has 5 heteroatoms. The summed E-state index contributed by atoms with van der Waals surface area (Å²) in [5, 5.41) is 12.5. The van der Waals surface area contributed by atoms with E-state index in [0.29, 0.717) is 18.4 Å². The summed E-state index contributed by atoms with van der Waals surface area (Å²) in [5.74, 6) is -0.944. The second-order valence-electron chi connectivity index (χ2n) is 6.86. The first kappa shape index (κ1) is 19.0. The molecule has 0 saturated heterocycles. The summed E-state index contributed by atoms with van der Waals surface area (Å²) in [6, 6.07) is 7.42. The molecule has 0 aromatic heterocycles. The number of rotatable bonds is 6. The van der Waals surface area contributed by atoms with Crippen LogP contribution in [0.2, 0.25) is 0 Å². The lowest BCUT2D eigenvalue weighted by molar-refractivity contribution is -0.144. The molecule has 1 aromatic carbocycles. The molecule has 128 valence electrons. The normalized spacial score (nSPS) is 14.0. The van der Waals surface area contributed by atoms with Gasteiger partial charge in [-0.1, -0.05) is 43.2 Å². The maximum absolute atomic E-state index is 12.0. The number of amides is 1. The van der Waals surface area contributed by atoms with E-state index in [4.69, 9.17) is 4.74 Å². The fraction of sp³-hybridized carbons (Fsp3) is 0.556. The van der Waals surface area contributed by atoms with Crippen molar-refractivity contribution in [1.82, 2.24) is 5.32 Å². The molecule has 23 heavy (non-hydrogen) atoms. The molecule has 0 aliphatic rings. The summed E-state index contributed by atoms with van der Waals surface area (Å²) in [6.07, 6.45) is 0.518. The van der Waals surface area contributed by atoms with Crippen molar-refractivity contribution in [1.29, 1.82) is 0 Å². The van der Waals surface area contributed by atoms with Crippen LogP contribution in [-0.2, 0) is 14.9 Å². The molecule has 0 spiro atoms. The molecule has 1 rings (SSSR count). The Kier molecular flexibility index (Phi) is 6.19. The molecule has 0 radical (unpaired) electrons. The van der Waals surface area contributed by atoms with Gasteiger partial charge in [-0.25, -0.2) is 4.79 Å². The van der Waals surface area contributed by atoms with Crippen LogP contribution >= 0.6 is 0 Å². The second-order valence-corrected chi connectivity index (χ2v) is 6.86. The monoisotopic (exact) mass is 321 g/mol. The van der Waals surface area contributed by atoms with Gasteiger partial charge in [0.25, 0.3) is 0 Å². The molecular weight excluding hydrogens is 294 g/mol. The molecule has 1 amide bonds. The molecular formula is C18H27NO4. The number of alkyl carbamates (subject to hydrolysis) is 1. The Morgan fingerprint density at radius 2 is 1.91 bits per heavy atom. The summed E-state index contributed by atoms with van der Waals surface area (Å²) in [5.41, 5.74) is -0.0914. The number of aryl methyl sites for hydroxylation is 1. The Morgan fingerprint density at radius 3 is 2.39 bits per heavy atom. The van der Waals surface area contributed by atoms with Crippen molar-refractivity contribution in [3.63, 3.8) is 0 Å². The van der Waals surface area contributed by atoms with Crippen molar-refractivity contribution in [2.24, 2.45) is 0 Å². The minimum atomic E-state index is -1.16. The highest BCUT2D eigenvalue weighted by Crippen LogP contribution is 2.30. The van der Waals surface area contributed by atoms with Gasteiger partial charge in [-0.05, 0) is 39.7 Å². The van der Waals surface area contributed by atoms with Crippen LogP contribution in [0, 0.1) is 6.92 Å². The summed E-state index contributed by atoms with van der Waals surface area (Å²) < 4.78 is 5.21. The van der Waals surface area contributed by atoms with E-state index >= 15 is 0 Å². The van der Waals surface area contributed by atoms with E-state index in [1.54, 1.807) is 26.8 Å². The largest absolute Gasteiger partial charge is 0.481 e. The van der Waals surface area contributed by atoms with E-state index < -0.39 is 23.1 Å². The van der Waals surface area contributed by atoms with Gasteiger partial charge < -0.3 is 15.2 Å². The van der Waals surface area contributed by atoms with Gasteiger partial charge in [-0.2, -0.15) is 0 Å². The number of hydrogen-bond acceptors (Lipinski definition) is 3. The van der Waals surface area contributed by atoms with Crippen molar-refractivity contribution < 1.29 is 19.4 Å². The van der Waals surface area contributed by atoms with E-state index in [0.717, 1.165) is 5.56 Å². The summed E-state index contributed by atoms with van der Waals surface area (Å²) in [6.45, 7) is 9.15. The van der Waals surface area contributed by atoms with Gasteiger partial charge in [-0.3, -0.25) is 4.79 Å². The van der Waals surface area contributed by atoms with Gasteiger partial charge >= 0.3 is 12.1 Å². The molecule has 0 bridgehead atoms. The number of hydrogen-bond donors (Lipinski definition) is 2. The Balaban J connectivity index is 3.06. The number of ether oxygens (including phenoxy) is 1. The smallest absolute Gasteiger partial charge is 0.407 e. The molecule has 5 nitrogen and oxygen atoms in total. The van der Waals surface area contributed by atoms with Crippen molar-refractivity contribution in [2.45, 2.75) is 58.5 Å². The highest BCUT2D eigenvalue weighted by molar-refractivity contribution is 5.83. The Hall–Kier alpha value is -2.04. The van der Waals surface area contributed by atoms with Crippen molar-refractivity contribution in [3.05, 3.63) is 35.4 Å². The van der Waals surface area contributed by atoms with Gasteiger partial charge in [-0.15, -0.1) is 0 Å². The Morgan fingerprint density at radius 1 is 1.26 bits per heavy atom. The first-order valence-electron chi connectivity index (χ1n) is 7.88. The second kappa shape index (κ2) is 7.49. The van der Waals surface area contributed by atoms with E-state index in [2.05, 4.69) is 5.32 Å². The fourth-order valence-electron chi connectivity index (χ4n) is 2.55. The summed E-state index contributed by atoms with van der Waals surface area (Å²) in [7, 11) is 0. The average Bonchev–Trinajstić information content (AvgIpc) is 2.41. The third-order valence-corrected chi connectivity index (χ3v) is 3.59. The topological polar surface area (TPSA) is 75.6 Å². The zero-order chi connectivity index (χ0) is 17.7. The first-order valence-corrected chi connectivity index (χ1v) is 7.88. The van der Waals surface area contributed by atoms with Crippen LogP contribution in [0.3, 0.4) is 0 Å². The van der Waals surface area contributed by atoms with Crippen LogP contribution in [0.1, 0.15) is 51.7 Å². The van der Waals surface area contributed by atoms with Gasteiger partial charge in [0.2, 0.25) is 0 Å². The van der Waals surface area contributed by atoms with E-state index in [-0.39, 0.29) is 6.54 Å². The number of carboxylic acid groups (broad SMARTS) is 1. The third-order valence-electron chi connectivity index (χ3n) is 3.59. The van der Waals surface area contributed by atoms with Crippen LogP contribution in [0.25, 0.3) is 0 Å². The van der Waals surface area contributed by atoms with Crippen molar-refractivity contribution in [2.75, 3.05) is 6.54 Å². The highest BCUT2D eigenvalue weighted by atomic mass is 16.6. The zero-order valence-corrected chi connectivity index (χ0v) is 14.6. The quantitative estimate of drug-likeness (QED) is 0.838. The average molecular weight is 321 g/mol. The SMILES string of the molecule is CCCC(CNC(=O)OC(C)(C)C)(C(=O)O)c1cccc(C)c1. The molecule has 0 aliphatic heterocycles. The summed E-state index contributed by atoms with van der Waals surface area (Å²) >= 11 is 0. The standard InChI is InChI=1S/C18H27NO4/c1-6-10-18(15(20)21,14-9-7-8-13(2)11-14)12-19-16(22)23-17(3,4)5/h7-9,11H,6,10,12H2,1-5H3,(H,19,22)(H,20,21). The van der Waals surface area contributed by atoms with Crippen LogP contribution in [-0.4, -0.2) is 29.3 Å². The fourth-order valence-corrected chi connectivity index (χ4v) is 2.55. The number of benzene rings is 1. The molecule has 0 saturated carbocycles. The number of nitrogens with one attached hydrogen (secondary N) is 1. The van der Waals surface area contributed by atoms with Crippen LogP contribution in [0.15, 0.2) is 24.3 Å². The predicted molar refractivity (Wildman–Crippen MR) is 89.6 cm³/mol. The lowest BCUT2D eigenvalue weighted by atomic mass is 9.76. The van der Waals surface area contributed by atoms with E-state index in [9.17, 15) is 14.7 Å². The first-order chi connectivity index (χ1) is 10.6. The van der Waals surface area contributed by atoms with Gasteiger partial charge in [0.15, 0.2) is 0 Å². The number of carbonyl (C=O) groups excluding carboxylic acids is 1. The van der Waals surface area contributed by atoms with Gasteiger partial charge in [0, 0.05) is 6.54 Å². The minimum absolute atomic E-state index is 0.00542. The van der Waals surface area contributed by atoms with Crippen molar-refractivity contribution >= 4 is 12.1 Å². The molecule has 1 aromatic rings. The van der Waals surface area contributed by atoms with Crippen LogP contribution < -0.4 is 5.32 Å². The minimum Gasteiger partial charge on any atom is -0.481 e. The number of carboxylic acids is 1. The predicted octanol–water partition coefficient (Wildman–Crippen LogP) is 3.64. The summed E-state index contributed by atoms with van der Waals surface area (Å²) in [4.78, 5) is 23.9. The Bertz CT molecular complexity index is 562. The van der Waals surface area contributed by atoms with E-state index in [1.807, 2.05) is 32.0 Å². The van der Waals surface area contributed by atoms with Crippen molar-refractivity contribution in [3.8, 4) is 0 Å². The third kappa shape index (κ3) is 5.27. The number of aliphatic carboxylic acids is 1. The molecule has 0 aliphatic carbocycles. The maximum atomic E-state index is 12.0. The lowest BCUT2D eigenvalue weighted by Crippen LogP contribution is -2.47. The zero-order valence-electron chi connectivity index (χ0n) is 14.6. The molecule has 2 N–H and O–H groups in total. The number of carbonyl (C=O) groups is 2. The van der Waals surface area contributed by atoms with Crippen LogP contribution in [0.4, 0.5) is 4.79 Å². The molecule has 1 atom stereocenters. The highest BCUT2D eigenvalue weighted by Gasteiger charge is 2.40. The lowest BCUT2D eigenvalue weighted by Gasteiger charge is -2.31. The molecule has 0 heterocycles.